The van der Waals surface area contributed by atoms with Crippen molar-refractivity contribution in [1.82, 2.24) is 10.9 Å². The number of hydrazine groups is 1. The Morgan fingerprint density at radius 2 is 1.32 bits per heavy atom. The molecule has 6 heteroatoms. The summed E-state index contributed by atoms with van der Waals surface area (Å²) in [5, 5.41) is 0.581. The molecule has 0 saturated heterocycles. The van der Waals surface area contributed by atoms with Gasteiger partial charge in [0, 0.05) is 16.1 Å². The third-order valence-corrected chi connectivity index (χ3v) is 4.30. The average molecular weight is 393 g/mol. The zero-order chi connectivity index (χ0) is 19.9. The average Bonchev–Trinajstić information content (AvgIpc) is 2.74. The highest BCUT2D eigenvalue weighted by Crippen LogP contribution is 2.15. The topological polar surface area (TPSA) is 75.3 Å². The van der Waals surface area contributed by atoms with Gasteiger partial charge in [-0.25, -0.2) is 0 Å². The number of halogens is 1. The predicted molar refractivity (Wildman–Crippen MR) is 107 cm³/mol. The largest absolute Gasteiger partial charge is 0.289 e. The van der Waals surface area contributed by atoms with Gasteiger partial charge in [0.2, 0.25) is 5.91 Å². The third kappa shape index (κ3) is 4.84. The van der Waals surface area contributed by atoms with Crippen LogP contribution < -0.4 is 10.9 Å². The number of carbonyl (C=O) groups is 3. The van der Waals surface area contributed by atoms with E-state index >= 15 is 0 Å². The van der Waals surface area contributed by atoms with Gasteiger partial charge in [-0.1, -0.05) is 72.3 Å². The molecule has 0 aliphatic rings. The maximum absolute atomic E-state index is 12.7. The monoisotopic (exact) mass is 392 g/mol. The summed E-state index contributed by atoms with van der Waals surface area (Å²) in [5.74, 6) is -1.22. The normalized spacial score (nSPS) is 10.2. The van der Waals surface area contributed by atoms with E-state index in [-0.39, 0.29) is 29.2 Å². The highest BCUT2D eigenvalue weighted by Gasteiger charge is 2.18. The van der Waals surface area contributed by atoms with Gasteiger partial charge in [0.15, 0.2) is 5.78 Å². The Labute approximate surface area is 167 Å². The van der Waals surface area contributed by atoms with Gasteiger partial charge >= 0.3 is 0 Å². The molecule has 0 saturated carbocycles. The van der Waals surface area contributed by atoms with E-state index < -0.39 is 5.91 Å². The minimum atomic E-state index is -0.565. The quantitative estimate of drug-likeness (QED) is 0.515. The lowest BCUT2D eigenvalue weighted by atomic mass is 9.98. The molecule has 3 rings (SSSR count). The standard InChI is InChI=1S/C22H17ClN2O3/c23-17-12-10-15(11-13-17)14-20(26)24-25-22(28)19-9-5-4-8-18(19)21(27)16-6-2-1-3-7-16/h1-13H,14H2,(H,24,26)(H,25,28). The van der Waals surface area contributed by atoms with Gasteiger partial charge in [0.25, 0.3) is 5.91 Å². The first-order valence-electron chi connectivity index (χ1n) is 8.57. The van der Waals surface area contributed by atoms with Crippen molar-refractivity contribution in [3.05, 3.63) is 106 Å². The van der Waals surface area contributed by atoms with E-state index in [0.717, 1.165) is 5.56 Å². The van der Waals surface area contributed by atoms with E-state index in [4.69, 9.17) is 11.6 Å². The molecule has 0 unspecified atom stereocenters. The van der Waals surface area contributed by atoms with Crippen LogP contribution in [-0.2, 0) is 11.2 Å². The van der Waals surface area contributed by atoms with Gasteiger partial charge in [0.1, 0.15) is 0 Å². The fourth-order valence-corrected chi connectivity index (χ4v) is 2.78. The van der Waals surface area contributed by atoms with Crippen molar-refractivity contribution >= 4 is 29.2 Å². The van der Waals surface area contributed by atoms with Crippen molar-refractivity contribution in [3.8, 4) is 0 Å². The van der Waals surface area contributed by atoms with Gasteiger partial charge in [-0.15, -0.1) is 0 Å². The van der Waals surface area contributed by atoms with Gasteiger partial charge in [-0.3, -0.25) is 25.2 Å². The van der Waals surface area contributed by atoms with Crippen LogP contribution in [-0.4, -0.2) is 17.6 Å². The van der Waals surface area contributed by atoms with E-state index in [2.05, 4.69) is 10.9 Å². The number of rotatable bonds is 5. The Hall–Kier alpha value is -3.44. The molecule has 5 nitrogen and oxygen atoms in total. The highest BCUT2D eigenvalue weighted by molar-refractivity contribution is 6.30. The van der Waals surface area contributed by atoms with Crippen molar-refractivity contribution in [2.45, 2.75) is 6.42 Å². The molecule has 0 bridgehead atoms. The van der Waals surface area contributed by atoms with E-state index in [0.29, 0.717) is 10.6 Å². The molecule has 0 radical (unpaired) electrons. The van der Waals surface area contributed by atoms with E-state index in [1.54, 1.807) is 66.7 Å². The second-order valence-electron chi connectivity index (χ2n) is 6.05. The summed E-state index contributed by atoms with van der Waals surface area (Å²) in [7, 11) is 0. The molecule has 0 aliphatic heterocycles. The van der Waals surface area contributed by atoms with Crippen molar-refractivity contribution in [1.29, 1.82) is 0 Å². The second kappa shape index (κ2) is 8.97. The smallest absolute Gasteiger partial charge is 0.270 e. The van der Waals surface area contributed by atoms with Gasteiger partial charge in [0.05, 0.1) is 12.0 Å². The number of hydrogen-bond donors (Lipinski definition) is 2. The summed E-state index contributed by atoms with van der Waals surface area (Å²) in [6.07, 6.45) is 0.0854. The van der Waals surface area contributed by atoms with E-state index in [1.807, 2.05) is 6.07 Å². The van der Waals surface area contributed by atoms with Crippen LogP contribution in [0.1, 0.15) is 31.8 Å². The first-order valence-corrected chi connectivity index (χ1v) is 8.95. The van der Waals surface area contributed by atoms with Crippen molar-refractivity contribution in [2.24, 2.45) is 0 Å². The Morgan fingerprint density at radius 1 is 0.714 bits per heavy atom. The van der Waals surface area contributed by atoms with Crippen LogP contribution >= 0.6 is 11.6 Å². The molecule has 3 aromatic carbocycles. The molecule has 0 heterocycles. The molecular formula is C22H17ClN2O3. The molecule has 0 aliphatic carbocycles. The number of ketones is 1. The van der Waals surface area contributed by atoms with Crippen LogP contribution in [0.4, 0.5) is 0 Å². The van der Waals surface area contributed by atoms with Crippen molar-refractivity contribution < 1.29 is 14.4 Å². The van der Waals surface area contributed by atoms with Gasteiger partial charge in [-0.05, 0) is 23.8 Å². The number of hydrogen-bond acceptors (Lipinski definition) is 3. The Kier molecular flexibility index (Phi) is 6.19. The predicted octanol–water partition coefficient (Wildman–Crippen LogP) is 3.57. The summed E-state index contributed by atoms with van der Waals surface area (Å²) in [5.41, 5.74) is 6.41. The highest BCUT2D eigenvalue weighted by atomic mass is 35.5. The number of carbonyl (C=O) groups excluding carboxylic acids is 3. The second-order valence-corrected chi connectivity index (χ2v) is 6.48. The Morgan fingerprint density at radius 3 is 2.00 bits per heavy atom. The number of nitrogens with one attached hydrogen (secondary N) is 2. The zero-order valence-corrected chi connectivity index (χ0v) is 15.6. The van der Waals surface area contributed by atoms with Crippen LogP contribution in [0.2, 0.25) is 5.02 Å². The molecular weight excluding hydrogens is 376 g/mol. The fourth-order valence-electron chi connectivity index (χ4n) is 2.65. The number of benzene rings is 3. The minimum absolute atomic E-state index is 0.0854. The molecule has 28 heavy (non-hydrogen) atoms. The SMILES string of the molecule is O=C(Cc1ccc(Cl)cc1)NNC(=O)c1ccccc1C(=O)c1ccccc1. The summed E-state index contributed by atoms with van der Waals surface area (Å²) < 4.78 is 0. The lowest BCUT2D eigenvalue weighted by molar-refractivity contribution is -0.121. The van der Waals surface area contributed by atoms with Crippen LogP contribution in [0.15, 0.2) is 78.9 Å². The first kappa shape index (κ1) is 19.3. The number of amides is 2. The minimum Gasteiger partial charge on any atom is -0.289 e. The molecule has 0 fully saturated rings. The van der Waals surface area contributed by atoms with E-state index in [1.165, 1.54) is 6.07 Å². The lowest BCUT2D eigenvalue weighted by Gasteiger charge is -2.11. The van der Waals surface area contributed by atoms with Crippen molar-refractivity contribution in [3.63, 3.8) is 0 Å². The Balaban J connectivity index is 1.67. The molecule has 0 aromatic heterocycles. The van der Waals surface area contributed by atoms with E-state index in [9.17, 15) is 14.4 Å². The lowest BCUT2D eigenvalue weighted by Crippen LogP contribution is -2.42. The fraction of sp³-hybridized carbons (Fsp3) is 0.0455. The third-order valence-electron chi connectivity index (χ3n) is 4.05. The summed E-state index contributed by atoms with van der Waals surface area (Å²) >= 11 is 5.82. The molecule has 2 amide bonds. The summed E-state index contributed by atoms with van der Waals surface area (Å²) in [4.78, 5) is 37.3. The Bertz CT molecular complexity index is 1000. The van der Waals surface area contributed by atoms with Crippen LogP contribution in [0.25, 0.3) is 0 Å². The van der Waals surface area contributed by atoms with Crippen LogP contribution in [0.3, 0.4) is 0 Å². The summed E-state index contributed by atoms with van der Waals surface area (Å²) in [6.45, 7) is 0. The molecule has 0 atom stereocenters. The molecule has 2 N–H and O–H groups in total. The molecule has 140 valence electrons. The maximum Gasteiger partial charge on any atom is 0.270 e. The molecule has 0 spiro atoms. The van der Waals surface area contributed by atoms with Crippen LogP contribution in [0.5, 0.6) is 0 Å². The maximum atomic E-state index is 12.7. The zero-order valence-electron chi connectivity index (χ0n) is 14.8. The first-order chi connectivity index (χ1) is 13.5. The van der Waals surface area contributed by atoms with Crippen molar-refractivity contribution in [2.75, 3.05) is 0 Å². The van der Waals surface area contributed by atoms with Crippen LogP contribution in [0, 0.1) is 0 Å². The van der Waals surface area contributed by atoms with Gasteiger partial charge < -0.3 is 0 Å². The molecule has 3 aromatic rings. The summed E-state index contributed by atoms with van der Waals surface area (Å²) in [6, 6.07) is 22.0. The van der Waals surface area contributed by atoms with Gasteiger partial charge in [-0.2, -0.15) is 0 Å².